The number of guanidine groups is 5. The van der Waals surface area contributed by atoms with Crippen LogP contribution in [0.1, 0.15) is 65.9 Å². The van der Waals surface area contributed by atoms with Crippen LogP contribution < -0.4 is 10.6 Å². The van der Waals surface area contributed by atoms with Crippen molar-refractivity contribution in [3.63, 3.8) is 0 Å². The standard InChI is InChI=1S/C32H33N11O4/c1-4-6-18-46-26(44)20-8-12-22(13-9-20)34-28-38-30-36-25(24-16-17-33-42(24)3)37-31-39-29(41-32(40-28)43(30)31)35-23-14-10-21(11-15-23)27(45)47-19-7-5-2/h8-17H,4-7,18-19H2,1-3H3,(H2,34,35,36,37,38,39,40,41). The van der Waals surface area contributed by atoms with E-state index in [1.54, 1.807) is 77.4 Å². The van der Waals surface area contributed by atoms with Gasteiger partial charge in [-0.05, 0) is 67.4 Å². The number of aliphatic imine (C=N–C) groups is 6. The minimum Gasteiger partial charge on any atom is -0.462 e. The number of benzene rings is 2. The fraction of sp³-hybridized carbons (Fsp3) is 0.281. The van der Waals surface area contributed by atoms with Gasteiger partial charge < -0.3 is 20.1 Å². The van der Waals surface area contributed by atoms with Crippen LogP contribution in [0.4, 0.5) is 11.4 Å². The van der Waals surface area contributed by atoms with Crippen molar-refractivity contribution >= 4 is 58.9 Å². The Kier molecular flexibility index (Phi) is 9.22. The third-order valence-corrected chi connectivity index (χ3v) is 7.10. The van der Waals surface area contributed by atoms with Gasteiger partial charge in [0.1, 0.15) is 5.69 Å². The number of esters is 2. The Hall–Kier alpha value is -5.99. The molecule has 2 aromatic carbocycles. The normalized spacial score (nSPS) is 14.8. The second-order valence-corrected chi connectivity index (χ2v) is 10.6. The third kappa shape index (κ3) is 7.13. The second-order valence-electron chi connectivity index (χ2n) is 10.6. The van der Waals surface area contributed by atoms with Crippen molar-refractivity contribution in [3.05, 3.63) is 77.6 Å². The first kappa shape index (κ1) is 31.0. The predicted octanol–water partition coefficient (Wildman–Crippen LogP) is 4.43. The number of nitrogens with zero attached hydrogens (tertiary/aromatic N) is 9. The summed E-state index contributed by atoms with van der Waals surface area (Å²) in [5.74, 6) is 0.786. The Labute approximate surface area is 270 Å². The number of hydrogen-bond acceptors (Lipinski definition) is 14. The molecule has 0 saturated heterocycles. The largest absolute Gasteiger partial charge is 0.462 e. The van der Waals surface area contributed by atoms with E-state index in [4.69, 9.17) is 9.47 Å². The van der Waals surface area contributed by atoms with E-state index in [0.717, 1.165) is 25.7 Å². The number of carbonyl (C=O) groups is 2. The molecule has 0 unspecified atom stereocenters. The number of aromatic nitrogens is 2. The van der Waals surface area contributed by atoms with Crippen molar-refractivity contribution in [2.75, 3.05) is 23.8 Å². The van der Waals surface area contributed by atoms with Gasteiger partial charge in [0.25, 0.3) is 0 Å². The molecule has 240 valence electrons. The average Bonchev–Trinajstić information content (AvgIpc) is 3.51. The number of ether oxygens (including phenoxy) is 2. The number of aryl methyl sites for hydroxylation is 1. The SMILES string of the molecule is CCCCOC(=O)c1ccc(NC2=NC3=NC(Nc4ccc(C(=O)OCCCC)cc4)=NC4=NC(c5ccnn5C)=NC(=N2)N34)cc1. The quantitative estimate of drug-likeness (QED) is 0.230. The van der Waals surface area contributed by atoms with Crippen LogP contribution in [0.15, 0.2) is 90.7 Å². The molecule has 3 aliphatic rings. The van der Waals surface area contributed by atoms with E-state index in [2.05, 4.69) is 45.7 Å². The van der Waals surface area contributed by atoms with E-state index in [1.165, 1.54) is 0 Å². The van der Waals surface area contributed by atoms with Gasteiger partial charge in [0.15, 0.2) is 5.84 Å². The summed E-state index contributed by atoms with van der Waals surface area (Å²) in [5, 5.41) is 10.6. The van der Waals surface area contributed by atoms with E-state index < -0.39 is 0 Å². The molecule has 6 rings (SSSR count). The summed E-state index contributed by atoms with van der Waals surface area (Å²) >= 11 is 0. The van der Waals surface area contributed by atoms with E-state index >= 15 is 0 Å². The van der Waals surface area contributed by atoms with Crippen molar-refractivity contribution in [3.8, 4) is 0 Å². The first-order valence-corrected chi connectivity index (χ1v) is 15.3. The van der Waals surface area contributed by atoms with Crippen molar-refractivity contribution in [1.82, 2.24) is 14.7 Å². The molecule has 0 saturated carbocycles. The smallest absolute Gasteiger partial charge is 0.338 e. The molecule has 1 aromatic heterocycles. The zero-order valence-electron chi connectivity index (χ0n) is 26.2. The molecule has 0 atom stereocenters. The fourth-order valence-electron chi connectivity index (χ4n) is 4.53. The highest BCUT2D eigenvalue weighted by Crippen LogP contribution is 2.21. The Bertz CT molecular complexity index is 1780. The first-order chi connectivity index (χ1) is 22.9. The summed E-state index contributed by atoms with van der Waals surface area (Å²) < 4.78 is 12.3. The summed E-state index contributed by atoms with van der Waals surface area (Å²) in [6.07, 6.45) is 5.16. The van der Waals surface area contributed by atoms with E-state index in [1.807, 2.05) is 13.8 Å². The highest BCUT2D eigenvalue weighted by Gasteiger charge is 2.35. The van der Waals surface area contributed by atoms with Crippen molar-refractivity contribution in [2.24, 2.45) is 37.0 Å². The maximum atomic E-state index is 12.3. The molecule has 2 N–H and O–H groups in total. The molecular weight excluding hydrogens is 602 g/mol. The Morgan fingerprint density at radius 1 is 0.660 bits per heavy atom. The number of carbonyl (C=O) groups excluding carboxylic acids is 2. The molecule has 0 radical (unpaired) electrons. The number of rotatable bonds is 11. The number of unbranched alkanes of at least 4 members (excludes halogenated alkanes) is 2. The van der Waals surface area contributed by atoms with Gasteiger partial charge in [0.05, 0.1) is 24.3 Å². The Morgan fingerprint density at radius 3 is 1.62 bits per heavy atom. The van der Waals surface area contributed by atoms with Gasteiger partial charge in [-0.3, -0.25) is 4.68 Å². The number of hydrogen-bond donors (Lipinski definition) is 2. The van der Waals surface area contributed by atoms with Crippen LogP contribution >= 0.6 is 0 Å². The molecule has 3 aliphatic heterocycles. The zero-order chi connectivity index (χ0) is 32.8. The molecule has 15 nitrogen and oxygen atoms in total. The minimum absolute atomic E-state index is 0.217. The van der Waals surface area contributed by atoms with E-state index in [0.29, 0.717) is 47.2 Å². The zero-order valence-corrected chi connectivity index (χ0v) is 26.2. The van der Waals surface area contributed by atoms with Crippen LogP contribution in [0.5, 0.6) is 0 Å². The molecule has 3 aromatic rings. The summed E-state index contributed by atoms with van der Waals surface area (Å²) in [4.78, 5) is 54.0. The lowest BCUT2D eigenvalue weighted by molar-refractivity contribution is 0.0490. The number of amidine groups is 1. The lowest BCUT2D eigenvalue weighted by Crippen LogP contribution is -2.49. The molecule has 4 heterocycles. The van der Waals surface area contributed by atoms with Crippen molar-refractivity contribution in [2.45, 2.75) is 39.5 Å². The monoisotopic (exact) mass is 635 g/mol. The van der Waals surface area contributed by atoms with Crippen LogP contribution in [0.3, 0.4) is 0 Å². The van der Waals surface area contributed by atoms with Gasteiger partial charge in [-0.25, -0.2) is 14.5 Å². The first-order valence-electron chi connectivity index (χ1n) is 15.3. The van der Waals surface area contributed by atoms with Gasteiger partial charge in [0, 0.05) is 24.6 Å². The Morgan fingerprint density at radius 2 is 1.15 bits per heavy atom. The molecule has 0 spiro atoms. The lowest BCUT2D eigenvalue weighted by atomic mass is 10.2. The number of nitrogens with one attached hydrogen (secondary N) is 2. The van der Waals surface area contributed by atoms with Crippen LogP contribution in [0.25, 0.3) is 0 Å². The molecule has 0 amide bonds. The van der Waals surface area contributed by atoms with E-state index in [-0.39, 0.29) is 41.7 Å². The highest BCUT2D eigenvalue weighted by atomic mass is 16.5. The summed E-state index contributed by atoms with van der Waals surface area (Å²) in [7, 11) is 1.79. The maximum Gasteiger partial charge on any atom is 0.338 e. The van der Waals surface area contributed by atoms with Crippen LogP contribution in [-0.4, -0.2) is 75.5 Å². The minimum atomic E-state index is -0.376. The maximum absolute atomic E-state index is 12.3. The van der Waals surface area contributed by atoms with Gasteiger partial charge in [0.2, 0.25) is 29.8 Å². The summed E-state index contributed by atoms with van der Waals surface area (Å²) in [5.41, 5.74) is 2.83. The summed E-state index contributed by atoms with van der Waals surface area (Å²) in [6, 6.07) is 15.4. The van der Waals surface area contributed by atoms with Crippen molar-refractivity contribution < 1.29 is 19.1 Å². The van der Waals surface area contributed by atoms with E-state index in [9.17, 15) is 9.59 Å². The average molecular weight is 636 g/mol. The van der Waals surface area contributed by atoms with Gasteiger partial charge in [-0.15, -0.1) is 0 Å². The fourth-order valence-corrected chi connectivity index (χ4v) is 4.53. The molecule has 0 aliphatic carbocycles. The van der Waals surface area contributed by atoms with Gasteiger partial charge in [-0.2, -0.15) is 35.1 Å². The summed E-state index contributed by atoms with van der Waals surface area (Å²) in [6.45, 7) is 4.84. The highest BCUT2D eigenvalue weighted by molar-refractivity contribution is 6.32. The topological polar surface area (TPSA) is 172 Å². The molecule has 0 fully saturated rings. The lowest BCUT2D eigenvalue weighted by Gasteiger charge is -2.30. The van der Waals surface area contributed by atoms with Crippen molar-refractivity contribution in [1.29, 1.82) is 0 Å². The molecule has 0 bridgehead atoms. The molecule has 47 heavy (non-hydrogen) atoms. The van der Waals surface area contributed by atoms with Gasteiger partial charge in [-0.1, -0.05) is 26.7 Å². The molecular formula is C32H33N11O4. The third-order valence-electron chi connectivity index (χ3n) is 7.10. The Balaban J connectivity index is 1.26. The predicted molar refractivity (Wildman–Crippen MR) is 179 cm³/mol. The van der Waals surface area contributed by atoms with Gasteiger partial charge >= 0.3 is 11.9 Å². The second kappa shape index (κ2) is 14.0. The van der Waals surface area contributed by atoms with Crippen LogP contribution in [0.2, 0.25) is 0 Å². The van der Waals surface area contributed by atoms with Crippen LogP contribution in [0, 0.1) is 0 Å². The molecule has 15 heteroatoms. The van der Waals surface area contributed by atoms with Crippen LogP contribution in [-0.2, 0) is 16.5 Å². The number of anilines is 2.